The number of ether oxygens (including phenoxy) is 1. The highest BCUT2D eigenvalue weighted by Crippen LogP contribution is 2.38. The first kappa shape index (κ1) is 27.8. The molecular weight excluding hydrogens is 575 g/mol. The number of rotatable bonds is 9. The molecule has 0 amide bonds. The van der Waals surface area contributed by atoms with Crippen LogP contribution >= 0.6 is 23.9 Å². The van der Waals surface area contributed by atoms with Gasteiger partial charge in [0, 0.05) is 16.5 Å². The van der Waals surface area contributed by atoms with Crippen molar-refractivity contribution in [2.75, 3.05) is 6.61 Å². The van der Waals surface area contributed by atoms with E-state index >= 15 is 0 Å². The number of esters is 1. The van der Waals surface area contributed by atoms with E-state index in [4.69, 9.17) is 4.74 Å². The first-order valence-corrected chi connectivity index (χ1v) is 15.5. The van der Waals surface area contributed by atoms with E-state index in [1.165, 1.54) is 21.5 Å². The molecule has 5 rings (SSSR count). The van der Waals surface area contributed by atoms with E-state index in [0.29, 0.717) is 18.6 Å². The summed E-state index contributed by atoms with van der Waals surface area (Å²) in [6, 6.07) is 46.5. The average Bonchev–Trinajstić information content (AvgIpc) is 3.00. The molecule has 0 heterocycles. The van der Waals surface area contributed by atoms with E-state index in [1.807, 2.05) is 43.3 Å². The van der Waals surface area contributed by atoms with Gasteiger partial charge in [-0.25, -0.2) is 4.79 Å². The van der Waals surface area contributed by atoms with Crippen LogP contribution in [0.5, 0.6) is 0 Å². The van der Waals surface area contributed by atoms with Crippen molar-refractivity contribution in [2.24, 2.45) is 0 Å². The van der Waals surface area contributed by atoms with Crippen molar-refractivity contribution in [3.8, 4) is 11.1 Å². The first-order chi connectivity index (χ1) is 19.6. The lowest BCUT2D eigenvalue weighted by atomic mass is 9.94. The van der Waals surface area contributed by atoms with Crippen LogP contribution in [0.4, 0.5) is 0 Å². The SMILES string of the molecule is CCOC(=O)/C(=C/c1ccc(Br)cc1)Cc1ccccc1-c1ccccc1P(c1ccccc1)c1ccccc1. The Bertz CT molecular complexity index is 1560. The summed E-state index contributed by atoms with van der Waals surface area (Å²) in [5.74, 6) is -0.288. The molecule has 0 saturated carbocycles. The Morgan fingerprint density at radius 2 is 1.25 bits per heavy atom. The van der Waals surface area contributed by atoms with Gasteiger partial charge in [-0.15, -0.1) is 0 Å². The number of benzene rings is 5. The molecule has 0 aliphatic carbocycles. The van der Waals surface area contributed by atoms with E-state index in [9.17, 15) is 4.79 Å². The number of hydrogen-bond donors (Lipinski definition) is 0. The third-order valence-corrected chi connectivity index (χ3v) is 9.64. The normalized spacial score (nSPS) is 11.4. The van der Waals surface area contributed by atoms with Crippen molar-refractivity contribution in [2.45, 2.75) is 13.3 Å². The summed E-state index contributed by atoms with van der Waals surface area (Å²) in [6.07, 6.45) is 2.40. The molecular formula is C36H30BrO2P. The second-order valence-corrected chi connectivity index (χ2v) is 12.4. The molecule has 0 saturated heterocycles. The maximum absolute atomic E-state index is 13.1. The Hall–Kier alpha value is -3.78. The van der Waals surface area contributed by atoms with E-state index in [0.717, 1.165) is 21.2 Å². The Kier molecular flexibility index (Phi) is 9.39. The molecule has 40 heavy (non-hydrogen) atoms. The summed E-state index contributed by atoms with van der Waals surface area (Å²) < 4.78 is 6.48. The Morgan fingerprint density at radius 3 is 1.88 bits per heavy atom. The lowest BCUT2D eigenvalue weighted by molar-refractivity contribution is -0.138. The zero-order valence-electron chi connectivity index (χ0n) is 22.3. The first-order valence-electron chi connectivity index (χ1n) is 13.3. The molecule has 4 heteroatoms. The molecule has 0 N–H and O–H groups in total. The largest absolute Gasteiger partial charge is 0.463 e. The monoisotopic (exact) mass is 604 g/mol. The van der Waals surface area contributed by atoms with E-state index in [-0.39, 0.29) is 5.97 Å². The van der Waals surface area contributed by atoms with Crippen molar-refractivity contribution < 1.29 is 9.53 Å². The minimum absolute atomic E-state index is 0.288. The summed E-state index contributed by atoms with van der Waals surface area (Å²) in [7, 11) is -0.795. The van der Waals surface area contributed by atoms with Gasteiger partial charge in [-0.2, -0.15) is 0 Å². The Morgan fingerprint density at radius 1 is 0.700 bits per heavy atom. The van der Waals surface area contributed by atoms with Crippen LogP contribution in [-0.2, 0) is 16.0 Å². The number of carbonyl (C=O) groups excluding carboxylic acids is 1. The lowest BCUT2D eigenvalue weighted by Gasteiger charge is -2.23. The molecule has 0 unspecified atom stereocenters. The fourth-order valence-electron chi connectivity index (χ4n) is 4.79. The molecule has 0 spiro atoms. The molecule has 0 aliphatic heterocycles. The Balaban J connectivity index is 1.62. The third-order valence-electron chi connectivity index (χ3n) is 6.61. The summed E-state index contributed by atoms with van der Waals surface area (Å²) in [5.41, 5.74) is 4.98. The fourth-order valence-corrected chi connectivity index (χ4v) is 7.52. The second kappa shape index (κ2) is 13.5. The maximum atomic E-state index is 13.1. The predicted molar refractivity (Wildman–Crippen MR) is 173 cm³/mol. The van der Waals surface area contributed by atoms with Crippen LogP contribution in [0.1, 0.15) is 18.1 Å². The van der Waals surface area contributed by atoms with Crippen molar-refractivity contribution in [1.82, 2.24) is 0 Å². The third kappa shape index (κ3) is 6.67. The van der Waals surface area contributed by atoms with Crippen molar-refractivity contribution in [3.05, 3.63) is 155 Å². The molecule has 5 aromatic rings. The zero-order valence-corrected chi connectivity index (χ0v) is 24.8. The molecule has 0 aliphatic rings. The van der Waals surface area contributed by atoms with Crippen LogP contribution in [0.15, 0.2) is 144 Å². The Labute approximate surface area is 246 Å². The van der Waals surface area contributed by atoms with Gasteiger partial charge in [0.25, 0.3) is 0 Å². The number of halogens is 1. The van der Waals surface area contributed by atoms with Gasteiger partial charge in [-0.05, 0) is 71.2 Å². The zero-order chi connectivity index (χ0) is 27.7. The van der Waals surface area contributed by atoms with Crippen LogP contribution in [0.3, 0.4) is 0 Å². The molecule has 198 valence electrons. The summed E-state index contributed by atoms with van der Waals surface area (Å²) in [5, 5.41) is 3.89. The van der Waals surface area contributed by atoms with Crippen LogP contribution in [0.2, 0.25) is 0 Å². The van der Waals surface area contributed by atoms with Gasteiger partial charge in [0.2, 0.25) is 0 Å². The summed E-state index contributed by atoms with van der Waals surface area (Å²) in [4.78, 5) is 13.1. The topological polar surface area (TPSA) is 26.3 Å². The smallest absolute Gasteiger partial charge is 0.334 e. The van der Waals surface area contributed by atoms with Gasteiger partial charge in [-0.1, -0.05) is 137 Å². The van der Waals surface area contributed by atoms with Crippen LogP contribution in [0.25, 0.3) is 17.2 Å². The average molecular weight is 606 g/mol. The highest BCUT2D eigenvalue weighted by Gasteiger charge is 2.22. The second-order valence-electron chi connectivity index (χ2n) is 9.30. The molecule has 5 aromatic carbocycles. The molecule has 0 aromatic heterocycles. The van der Waals surface area contributed by atoms with Gasteiger partial charge in [0.05, 0.1) is 6.61 Å². The standard InChI is InChI=1S/C36H30BrO2P/c1-2-39-36(38)29(25-27-21-23-30(37)24-22-27)26-28-13-9-10-18-33(28)34-19-11-12-20-35(34)40(31-14-5-3-6-15-31)32-16-7-4-8-17-32/h3-25H,2,26H2,1H3/b29-25+. The molecule has 0 radical (unpaired) electrons. The van der Waals surface area contributed by atoms with E-state index in [2.05, 4.69) is 119 Å². The predicted octanol–water partition coefficient (Wildman–Crippen LogP) is 8.06. The molecule has 0 atom stereocenters. The minimum Gasteiger partial charge on any atom is -0.463 e. The quantitative estimate of drug-likeness (QED) is 0.0966. The van der Waals surface area contributed by atoms with Crippen LogP contribution in [-0.4, -0.2) is 12.6 Å². The van der Waals surface area contributed by atoms with Gasteiger partial charge >= 0.3 is 5.97 Å². The number of hydrogen-bond acceptors (Lipinski definition) is 2. The van der Waals surface area contributed by atoms with Crippen molar-refractivity contribution in [3.63, 3.8) is 0 Å². The van der Waals surface area contributed by atoms with Gasteiger partial charge in [-0.3, -0.25) is 0 Å². The van der Waals surface area contributed by atoms with Crippen LogP contribution < -0.4 is 15.9 Å². The lowest BCUT2D eigenvalue weighted by Crippen LogP contribution is -2.22. The molecule has 2 nitrogen and oxygen atoms in total. The van der Waals surface area contributed by atoms with E-state index in [1.54, 1.807) is 0 Å². The highest BCUT2D eigenvalue weighted by molar-refractivity contribution is 9.10. The van der Waals surface area contributed by atoms with Gasteiger partial charge in [0.1, 0.15) is 0 Å². The van der Waals surface area contributed by atoms with Gasteiger partial charge in [0.15, 0.2) is 0 Å². The summed E-state index contributed by atoms with van der Waals surface area (Å²) >= 11 is 3.50. The fraction of sp³-hybridized carbons (Fsp3) is 0.0833. The van der Waals surface area contributed by atoms with Crippen LogP contribution in [0, 0.1) is 0 Å². The molecule has 0 bridgehead atoms. The highest BCUT2D eigenvalue weighted by atomic mass is 79.9. The van der Waals surface area contributed by atoms with Crippen molar-refractivity contribution >= 4 is 51.8 Å². The minimum atomic E-state index is -0.795. The van der Waals surface area contributed by atoms with E-state index < -0.39 is 7.92 Å². The van der Waals surface area contributed by atoms with Crippen molar-refractivity contribution in [1.29, 1.82) is 0 Å². The van der Waals surface area contributed by atoms with Gasteiger partial charge < -0.3 is 4.74 Å². The molecule has 0 fully saturated rings. The number of carbonyl (C=O) groups is 1. The summed E-state index contributed by atoms with van der Waals surface area (Å²) in [6.45, 7) is 2.17. The maximum Gasteiger partial charge on any atom is 0.334 e.